The van der Waals surface area contributed by atoms with Gasteiger partial charge in [-0.3, -0.25) is 9.59 Å². The molecule has 2 saturated heterocycles. The Balaban J connectivity index is 1.32. The summed E-state index contributed by atoms with van der Waals surface area (Å²) in [7, 11) is 0. The highest BCUT2D eigenvalue weighted by Crippen LogP contribution is 2.33. The van der Waals surface area contributed by atoms with Crippen LogP contribution in [0.4, 0.5) is 0 Å². The number of hydrogen-bond donors (Lipinski definition) is 1. The van der Waals surface area contributed by atoms with E-state index in [2.05, 4.69) is 29.2 Å². The minimum Gasteiger partial charge on any atom is -0.366 e. The summed E-state index contributed by atoms with van der Waals surface area (Å²) in [6.07, 6.45) is 2.24. The summed E-state index contributed by atoms with van der Waals surface area (Å²) in [5.41, 5.74) is 7.26. The lowest BCUT2D eigenvalue weighted by molar-refractivity contribution is 0.0768. The topological polar surface area (TPSA) is 66.6 Å². The highest BCUT2D eigenvalue weighted by atomic mass is 35.5. The number of likely N-dealkylation sites (tertiary alicyclic amines) is 2. The lowest BCUT2D eigenvalue weighted by Gasteiger charge is -2.22. The van der Waals surface area contributed by atoms with Crippen molar-refractivity contribution in [3.05, 3.63) is 70.2 Å². The van der Waals surface area contributed by atoms with Gasteiger partial charge in [-0.1, -0.05) is 48.0 Å². The lowest BCUT2D eigenvalue weighted by atomic mass is 10.0. The Morgan fingerprint density at radius 1 is 0.966 bits per heavy atom. The van der Waals surface area contributed by atoms with Crippen molar-refractivity contribution in [1.82, 2.24) is 9.80 Å². The summed E-state index contributed by atoms with van der Waals surface area (Å²) >= 11 is 6.23. The van der Waals surface area contributed by atoms with Gasteiger partial charge in [0.05, 0.1) is 16.1 Å². The van der Waals surface area contributed by atoms with Gasteiger partial charge in [-0.05, 0) is 48.9 Å². The first kappa shape index (κ1) is 19.9. The SMILES string of the molecule is NC(=O)c1cccc(Cl)c1C(=O)N1CC2CN(CCCc3ccccc3)C[C@H]2C1. The maximum atomic E-state index is 13.1. The molecule has 152 valence electrons. The third-order valence-corrected chi connectivity index (χ3v) is 6.44. The molecule has 1 unspecified atom stereocenters. The van der Waals surface area contributed by atoms with Crippen LogP contribution in [0.2, 0.25) is 5.02 Å². The van der Waals surface area contributed by atoms with Crippen LogP contribution in [0.25, 0.3) is 0 Å². The van der Waals surface area contributed by atoms with Crippen LogP contribution >= 0.6 is 11.6 Å². The molecule has 0 aliphatic carbocycles. The first-order chi connectivity index (χ1) is 14.0. The van der Waals surface area contributed by atoms with Gasteiger partial charge in [0.1, 0.15) is 0 Å². The number of carbonyl (C=O) groups excluding carboxylic acids is 2. The Bertz CT molecular complexity index is 888. The molecule has 2 aromatic rings. The highest BCUT2D eigenvalue weighted by molar-refractivity contribution is 6.34. The first-order valence-electron chi connectivity index (χ1n) is 10.2. The number of benzene rings is 2. The zero-order valence-corrected chi connectivity index (χ0v) is 17.1. The Morgan fingerprint density at radius 3 is 2.31 bits per heavy atom. The van der Waals surface area contributed by atoms with Crippen LogP contribution in [0.15, 0.2) is 48.5 Å². The molecule has 2 aliphatic heterocycles. The molecule has 2 aromatic carbocycles. The smallest absolute Gasteiger partial charge is 0.256 e. The maximum absolute atomic E-state index is 13.1. The normalized spacial score (nSPS) is 21.3. The molecule has 29 heavy (non-hydrogen) atoms. The molecule has 2 heterocycles. The lowest BCUT2D eigenvalue weighted by Crippen LogP contribution is -2.35. The predicted molar refractivity (Wildman–Crippen MR) is 114 cm³/mol. The van der Waals surface area contributed by atoms with Crippen LogP contribution < -0.4 is 5.73 Å². The van der Waals surface area contributed by atoms with Gasteiger partial charge < -0.3 is 15.5 Å². The number of fused-ring (bicyclic) bond motifs is 1. The summed E-state index contributed by atoms with van der Waals surface area (Å²) in [6, 6.07) is 15.4. The van der Waals surface area contributed by atoms with Gasteiger partial charge in [-0.15, -0.1) is 0 Å². The quantitative estimate of drug-likeness (QED) is 0.794. The van der Waals surface area contributed by atoms with Crippen molar-refractivity contribution in [3.63, 3.8) is 0 Å². The second-order valence-corrected chi connectivity index (χ2v) is 8.51. The number of primary amides is 1. The van der Waals surface area contributed by atoms with Crippen molar-refractivity contribution in [2.75, 3.05) is 32.7 Å². The molecule has 5 nitrogen and oxygen atoms in total. The van der Waals surface area contributed by atoms with Crippen LogP contribution in [0.5, 0.6) is 0 Å². The second kappa shape index (κ2) is 8.56. The average molecular weight is 412 g/mol. The fraction of sp³-hybridized carbons (Fsp3) is 0.391. The van der Waals surface area contributed by atoms with Crippen LogP contribution in [0.3, 0.4) is 0 Å². The van der Waals surface area contributed by atoms with Gasteiger partial charge in [0, 0.05) is 26.2 Å². The van der Waals surface area contributed by atoms with E-state index >= 15 is 0 Å². The van der Waals surface area contributed by atoms with E-state index < -0.39 is 5.91 Å². The van der Waals surface area contributed by atoms with Crippen LogP contribution in [-0.4, -0.2) is 54.3 Å². The molecular formula is C23H26ClN3O2. The molecule has 0 bridgehead atoms. The number of carbonyl (C=O) groups is 2. The van der Waals surface area contributed by atoms with Crippen LogP contribution in [0.1, 0.15) is 32.7 Å². The summed E-state index contributed by atoms with van der Waals surface area (Å²) in [5, 5.41) is 0.283. The summed E-state index contributed by atoms with van der Waals surface area (Å²) in [4.78, 5) is 29.1. The Hall–Kier alpha value is -2.37. The van der Waals surface area contributed by atoms with E-state index in [-0.39, 0.29) is 22.1 Å². The fourth-order valence-electron chi connectivity index (χ4n) is 4.70. The van der Waals surface area contributed by atoms with Gasteiger partial charge in [-0.25, -0.2) is 0 Å². The van der Waals surface area contributed by atoms with Crippen LogP contribution in [-0.2, 0) is 6.42 Å². The minimum absolute atomic E-state index is 0.186. The number of aryl methyl sites for hydroxylation is 1. The molecule has 2 fully saturated rings. The van der Waals surface area contributed by atoms with E-state index in [0.29, 0.717) is 24.9 Å². The molecule has 0 aromatic heterocycles. The van der Waals surface area contributed by atoms with E-state index in [1.807, 2.05) is 11.0 Å². The maximum Gasteiger partial charge on any atom is 0.256 e. The number of amides is 2. The molecule has 4 rings (SSSR count). The minimum atomic E-state index is -0.625. The molecule has 2 aliphatic rings. The van der Waals surface area contributed by atoms with Gasteiger partial charge >= 0.3 is 0 Å². The summed E-state index contributed by atoms with van der Waals surface area (Å²) in [5.74, 6) is 0.152. The Labute approximate surface area is 176 Å². The molecule has 0 radical (unpaired) electrons. The zero-order valence-electron chi connectivity index (χ0n) is 16.4. The predicted octanol–water partition coefficient (Wildman–Crippen LogP) is 3.08. The Kier molecular flexibility index (Phi) is 5.88. The first-order valence-corrected chi connectivity index (χ1v) is 10.5. The van der Waals surface area contributed by atoms with E-state index in [0.717, 1.165) is 32.5 Å². The van der Waals surface area contributed by atoms with Crippen LogP contribution in [0, 0.1) is 11.8 Å². The largest absolute Gasteiger partial charge is 0.366 e. The molecule has 2 N–H and O–H groups in total. The van der Waals surface area contributed by atoms with E-state index in [1.165, 1.54) is 5.56 Å². The summed E-state index contributed by atoms with van der Waals surface area (Å²) in [6.45, 7) is 4.55. The monoisotopic (exact) mass is 411 g/mol. The third-order valence-electron chi connectivity index (χ3n) is 6.12. The van der Waals surface area contributed by atoms with Gasteiger partial charge in [0.25, 0.3) is 5.91 Å². The number of rotatable bonds is 6. The molecule has 0 spiro atoms. The van der Waals surface area contributed by atoms with Crippen molar-refractivity contribution < 1.29 is 9.59 Å². The number of halogens is 1. The Morgan fingerprint density at radius 2 is 1.66 bits per heavy atom. The molecule has 6 heteroatoms. The summed E-state index contributed by atoms with van der Waals surface area (Å²) < 4.78 is 0. The average Bonchev–Trinajstić information content (AvgIpc) is 3.27. The molecule has 2 atom stereocenters. The third kappa shape index (κ3) is 4.31. The molecule has 0 saturated carbocycles. The van der Waals surface area contributed by atoms with E-state index in [1.54, 1.807) is 18.2 Å². The van der Waals surface area contributed by atoms with Crippen molar-refractivity contribution in [2.45, 2.75) is 12.8 Å². The van der Waals surface area contributed by atoms with Gasteiger partial charge in [0.2, 0.25) is 5.91 Å². The van der Waals surface area contributed by atoms with Crippen molar-refractivity contribution in [1.29, 1.82) is 0 Å². The van der Waals surface area contributed by atoms with E-state index in [4.69, 9.17) is 17.3 Å². The van der Waals surface area contributed by atoms with Crippen molar-refractivity contribution >= 4 is 23.4 Å². The number of nitrogens with zero attached hydrogens (tertiary/aromatic N) is 2. The number of nitrogens with two attached hydrogens (primary N) is 1. The fourth-order valence-corrected chi connectivity index (χ4v) is 4.95. The van der Waals surface area contributed by atoms with Crippen molar-refractivity contribution in [2.24, 2.45) is 17.6 Å². The van der Waals surface area contributed by atoms with E-state index in [9.17, 15) is 9.59 Å². The standard InChI is InChI=1S/C23H26ClN3O2/c24-20-10-4-9-19(22(25)28)21(20)23(29)27-14-17-12-26(13-18(17)15-27)11-5-8-16-6-2-1-3-7-16/h1-4,6-7,9-10,17-18H,5,8,11-15H2,(H2,25,28)/t17-,18?/m0/s1. The second-order valence-electron chi connectivity index (χ2n) is 8.11. The zero-order chi connectivity index (χ0) is 20.4. The van der Waals surface area contributed by atoms with Gasteiger partial charge in [0.15, 0.2) is 0 Å². The molecule has 2 amide bonds. The van der Waals surface area contributed by atoms with Gasteiger partial charge in [-0.2, -0.15) is 0 Å². The van der Waals surface area contributed by atoms with Crippen molar-refractivity contribution in [3.8, 4) is 0 Å². The highest BCUT2D eigenvalue weighted by Gasteiger charge is 2.42. The molecular weight excluding hydrogens is 386 g/mol. The number of hydrogen-bond acceptors (Lipinski definition) is 3.